The highest BCUT2D eigenvalue weighted by Gasteiger charge is 2.08. The van der Waals surface area contributed by atoms with E-state index in [2.05, 4.69) is 24.3 Å². The number of rotatable bonds is 4. The molecule has 0 amide bonds. The third-order valence-electron chi connectivity index (χ3n) is 2.96. The third kappa shape index (κ3) is 2.99. The maximum Gasteiger partial charge on any atom is 0.151 e. The fraction of sp³-hybridized carbons (Fsp3) is 0.357. The van der Waals surface area contributed by atoms with Gasteiger partial charge in [0.05, 0.1) is 0 Å². The smallest absolute Gasteiger partial charge is 0.151 e. The molecule has 5 heteroatoms. The number of aryl methyl sites for hydroxylation is 1. The standard InChI is InChI=1S/C14H19N3O2/c1-9(2)17-8-10(3)14(16-17)15-7-11-4-5-12(18)6-13(11)19/h4-6,8-9,18-19H,7H2,1-3H3,(H,15,16). The molecule has 0 atom stereocenters. The Balaban J connectivity index is 2.10. The zero-order chi connectivity index (χ0) is 14.0. The van der Waals surface area contributed by atoms with Gasteiger partial charge in [0, 0.05) is 36.0 Å². The third-order valence-corrected chi connectivity index (χ3v) is 2.96. The summed E-state index contributed by atoms with van der Waals surface area (Å²) in [5.74, 6) is 0.941. The molecule has 1 aromatic heterocycles. The Morgan fingerprint density at radius 2 is 2.05 bits per heavy atom. The first-order valence-corrected chi connectivity index (χ1v) is 6.28. The van der Waals surface area contributed by atoms with Crippen LogP contribution in [0.1, 0.15) is 31.0 Å². The van der Waals surface area contributed by atoms with Crippen LogP contribution in [0.15, 0.2) is 24.4 Å². The van der Waals surface area contributed by atoms with Gasteiger partial charge < -0.3 is 15.5 Å². The molecule has 0 fully saturated rings. The highest BCUT2D eigenvalue weighted by Crippen LogP contribution is 2.24. The van der Waals surface area contributed by atoms with Gasteiger partial charge in [-0.2, -0.15) is 5.10 Å². The van der Waals surface area contributed by atoms with Crippen molar-refractivity contribution in [3.63, 3.8) is 0 Å². The number of hydrogen-bond donors (Lipinski definition) is 3. The highest BCUT2D eigenvalue weighted by atomic mass is 16.3. The lowest BCUT2D eigenvalue weighted by Crippen LogP contribution is -2.04. The molecular formula is C14H19N3O2. The van der Waals surface area contributed by atoms with Crippen molar-refractivity contribution in [2.75, 3.05) is 5.32 Å². The molecule has 0 unspecified atom stereocenters. The van der Waals surface area contributed by atoms with Crippen molar-refractivity contribution < 1.29 is 10.2 Å². The molecular weight excluding hydrogens is 242 g/mol. The molecule has 0 saturated carbocycles. The van der Waals surface area contributed by atoms with Crippen LogP contribution in [0.5, 0.6) is 11.5 Å². The number of benzene rings is 1. The molecule has 1 aromatic carbocycles. The van der Waals surface area contributed by atoms with Crippen LogP contribution < -0.4 is 5.32 Å². The summed E-state index contributed by atoms with van der Waals surface area (Å²) in [6.45, 7) is 6.59. The Bertz CT molecular complexity index is 576. The van der Waals surface area contributed by atoms with Crippen LogP contribution in [0.3, 0.4) is 0 Å². The number of aromatic nitrogens is 2. The normalized spacial score (nSPS) is 10.9. The summed E-state index contributed by atoms with van der Waals surface area (Å²) in [5.41, 5.74) is 1.78. The molecule has 0 saturated heterocycles. The van der Waals surface area contributed by atoms with Gasteiger partial charge in [-0.15, -0.1) is 0 Å². The zero-order valence-corrected chi connectivity index (χ0v) is 11.4. The molecule has 0 aliphatic heterocycles. The largest absolute Gasteiger partial charge is 0.508 e. The Morgan fingerprint density at radius 3 is 2.63 bits per heavy atom. The minimum absolute atomic E-state index is 0.0570. The van der Waals surface area contributed by atoms with Crippen molar-refractivity contribution in [1.29, 1.82) is 0 Å². The van der Waals surface area contributed by atoms with E-state index in [-0.39, 0.29) is 11.5 Å². The quantitative estimate of drug-likeness (QED) is 0.791. The fourth-order valence-corrected chi connectivity index (χ4v) is 1.80. The molecule has 0 spiro atoms. The summed E-state index contributed by atoms with van der Waals surface area (Å²) in [5, 5.41) is 26.6. The molecule has 1 heterocycles. The van der Waals surface area contributed by atoms with Crippen LogP contribution in [-0.4, -0.2) is 20.0 Å². The van der Waals surface area contributed by atoms with E-state index < -0.39 is 0 Å². The molecule has 2 aromatic rings. The van der Waals surface area contributed by atoms with Crippen LogP contribution in [0.4, 0.5) is 5.82 Å². The molecule has 5 nitrogen and oxygen atoms in total. The lowest BCUT2D eigenvalue weighted by atomic mass is 10.2. The molecule has 19 heavy (non-hydrogen) atoms. The van der Waals surface area contributed by atoms with Crippen LogP contribution in [0, 0.1) is 6.92 Å². The van der Waals surface area contributed by atoms with Crippen molar-refractivity contribution in [1.82, 2.24) is 9.78 Å². The van der Waals surface area contributed by atoms with Crippen LogP contribution in [0.25, 0.3) is 0 Å². The zero-order valence-electron chi connectivity index (χ0n) is 11.4. The predicted octanol–water partition coefficient (Wildman–Crippen LogP) is 2.80. The molecule has 3 N–H and O–H groups in total. The molecule has 0 bridgehead atoms. The first-order valence-electron chi connectivity index (χ1n) is 6.28. The van der Waals surface area contributed by atoms with Gasteiger partial charge in [0.1, 0.15) is 11.5 Å². The van der Waals surface area contributed by atoms with Gasteiger partial charge in [-0.25, -0.2) is 0 Å². The molecule has 0 aliphatic rings. The second-order valence-electron chi connectivity index (χ2n) is 4.90. The van der Waals surface area contributed by atoms with Crippen molar-refractivity contribution in [2.24, 2.45) is 0 Å². The minimum Gasteiger partial charge on any atom is -0.508 e. The van der Waals surface area contributed by atoms with Gasteiger partial charge in [0.25, 0.3) is 0 Å². The minimum atomic E-state index is 0.0570. The topological polar surface area (TPSA) is 70.3 Å². The average Bonchev–Trinajstić information content (AvgIpc) is 2.70. The number of hydrogen-bond acceptors (Lipinski definition) is 4. The Hall–Kier alpha value is -2.17. The van der Waals surface area contributed by atoms with E-state index in [1.807, 2.05) is 17.8 Å². The molecule has 2 rings (SSSR count). The van der Waals surface area contributed by atoms with Gasteiger partial charge in [0.2, 0.25) is 0 Å². The number of phenolic OH excluding ortho intramolecular Hbond substituents is 2. The molecule has 0 radical (unpaired) electrons. The number of aromatic hydroxyl groups is 2. The summed E-state index contributed by atoms with van der Waals surface area (Å²) < 4.78 is 1.90. The van der Waals surface area contributed by atoms with Gasteiger partial charge in [0.15, 0.2) is 5.82 Å². The van der Waals surface area contributed by atoms with E-state index in [9.17, 15) is 10.2 Å². The van der Waals surface area contributed by atoms with E-state index in [0.717, 1.165) is 16.9 Å². The maximum absolute atomic E-state index is 9.71. The summed E-state index contributed by atoms with van der Waals surface area (Å²) >= 11 is 0. The average molecular weight is 261 g/mol. The van der Waals surface area contributed by atoms with E-state index in [1.54, 1.807) is 12.1 Å². The Kier molecular flexibility index (Phi) is 3.64. The first kappa shape index (κ1) is 13.3. The number of nitrogens with one attached hydrogen (secondary N) is 1. The van der Waals surface area contributed by atoms with Crippen LogP contribution in [-0.2, 0) is 6.54 Å². The van der Waals surface area contributed by atoms with Crippen molar-refractivity contribution in [3.05, 3.63) is 35.5 Å². The van der Waals surface area contributed by atoms with Crippen molar-refractivity contribution in [2.45, 2.75) is 33.4 Å². The SMILES string of the molecule is Cc1cn(C(C)C)nc1NCc1ccc(O)cc1O. The van der Waals surface area contributed by atoms with Gasteiger partial charge in [-0.05, 0) is 32.9 Å². The lowest BCUT2D eigenvalue weighted by Gasteiger charge is -2.07. The lowest BCUT2D eigenvalue weighted by molar-refractivity contribution is 0.446. The van der Waals surface area contributed by atoms with E-state index in [1.165, 1.54) is 6.07 Å². The van der Waals surface area contributed by atoms with E-state index in [0.29, 0.717) is 12.6 Å². The highest BCUT2D eigenvalue weighted by molar-refractivity contribution is 5.45. The fourth-order valence-electron chi connectivity index (χ4n) is 1.80. The summed E-state index contributed by atoms with van der Waals surface area (Å²) in [6, 6.07) is 4.88. The second kappa shape index (κ2) is 5.22. The number of phenols is 2. The van der Waals surface area contributed by atoms with E-state index >= 15 is 0 Å². The number of anilines is 1. The van der Waals surface area contributed by atoms with Gasteiger partial charge in [-0.1, -0.05) is 0 Å². The van der Waals surface area contributed by atoms with Gasteiger partial charge >= 0.3 is 0 Å². The Morgan fingerprint density at radius 1 is 1.32 bits per heavy atom. The summed E-state index contributed by atoms with van der Waals surface area (Å²) in [7, 11) is 0. The first-order chi connectivity index (χ1) is 8.97. The van der Waals surface area contributed by atoms with Crippen LogP contribution >= 0.6 is 0 Å². The molecule has 0 aliphatic carbocycles. The maximum atomic E-state index is 9.71. The predicted molar refractivity (Wildman–Crippen MR) is 74.4 cm³/mol. The van der Waals surface area contributed by atoms with Crippen molar-refractivity contribution in [3.8, 4) is 11.5 Å². The van der Waals surface area contributed by atoms with E-state index in [4.69, 9.17) is 0 Å². The molecule has 102 valence electrons. The summed E-state index contributed by atoms with van der Waals surface area (Å²) in [6.07, 6.45) is 1.99. The second-order valence-corrected chi connectivity index (χ2v) is 4.90. The number of nitrogens with zero attached hydrogens (tertiary/aromatic N) is 2. The Labute approximate surface area is 112 Å². The van der Waals surface area contributed by atoms with Crippen LogP contribution in [0.2, 0.25) is 0 Å². The monoisotopic (exact) mass is 261 g/mol. The van der Waals surface area contributed by atoms with Crippen molar-refractivity contribution >= 4 is 5.82 Å². The summed E-state index contributed by atoms with van der Waals surface area (Å²) in [4.78, 5) is 0. The van der Waals surface area contributed by atoms with Gasteiger partial charge in [-0.3, -0.25) is 4.68 Å².